The van der Waals surface area contributed by atoms with Crippen LogP contribution in [0.1, 0.15) is 37.7 Å². The zero-order chi connectivity index (χ0) is 13.0. The molecule has 5 atom stereocenters. The van der Waals surface area contributed by atoms with Crippen LogP contribution in [0.2, 0.25) is 0 Å². The first kappa shape index (κ1) is 11.9. The highest BCUT2D eigenvalue weighted by Gasteiger charge is 2.55. The SMILES string of the molecule is NC1C2C[C@@H]3C[C@H](C2)CC1(Cc1ccc(F)cc1)C3. The van der Waals surface area contributed by atoms with Gasteiger partial charge in [-0.15, -0.1) is 0 Å². The molecular weight excluding hydrogens is 237 g/mol. The summed E-state index contributed by atoms with van der Waals surface area (Å²) < 4.78 is 13.0. The Bertz CT molecular complexity index is 467. The van der Waals surface area contributed by atoms with Crippen molar-refractivity contribution in [3.63, 3.8) is 0 Å². The van der Waals surface area contributed by atoms with E-state index < -0.39 is 0 Å². The van der Waals surface area contributed by atoms with Crippen LogP contribution in [0.3, 0.4) is 0 Å². The van der Waals surface area contributed by atoms with Crippen LogP contribution in [0.5, 0.6) is 0 Å². The maximum atomic E-state index is 13.0. The minimum absolute atomic E-state index is 0.140. The van der Waals surface area contributed by atoms with Crippen LogP contribution in [0.4, 0.5) is 4.39 Å². The van der Waals surface area contributed by atoms with Crippen molar-refractivity contribution in [2.24, 2.45) is 28.9 Å². The molecule has 4 saturated carbocycles. The largest absolute Gasteiger partial charge is 0.327 e. The van der Waals surface area contributed by atoms with Crippen LogP contribution in [-0.4, -0.2) is 6.04 Å². The maximum Gasteiger partial charge on any atom is 0.123 e. The zero-order valence-electron chi connectivity index (χ0n) is 11.3. The molecule has 5 rings (SSSR count). The highest BCUT2D eigenvalue weighted by Crippen LogP contribution is 2.60. The van der Waals surface area contributed by atoms with Gasteiger partial charge in [0.25, 0.3) is 0 Å². The molecule has 0 heterocycles. The maximum absolute atomic E-state index is 13.0. The summed E-state index contributed by atoms with van der Waals surface area (Å²) in [6.45, 7) is 0. The first-order chi connectivity index (χ1) is 9.14. The minimum atomic E-state index is -0.140. The summed E-state index contributed by atoms with van der Waals surface area (Å²) >= 11 is 0. The Morgan fingerprint density at radius 3 is 2.32 bits per heavy atom. The standard InChI is InChI=1S/C17H22FN/c18-15-3-1-11(2-4-15)8-17-9-12-5-13(10-17)7-14(6-12)16(17)19/h1-4,12-14,16H,5-10,19H2/t12-,13+,14?,16?,17?. The smallest absolute Gasteiger partial charge is 0.123 e. The molecule has 3 unspecified atom stereocenters. The van der Waals surface area contributed by atoms with Crippen LogP contribution in [-0.2, 0) is 6.42 Å². The van der Waals surface area contributed by atoms with Crippen molar-refractivity contribution in [3.05, 3.63) is 35.6 Å². The molecule has 0 spiro atoms. The van der Waals surface area contributed by atoms with E-state index in [9.17, 15) is 4.39 Å². The highest BCUT2D eigenvalue weighted by molar-refractivity contribution is 5.21. The molecule has 0 amide bonds. The molecule has 1 nitrogen and oxygen atoms in total. The summed E-state index contributed by atoms with van der Waals surface area (Å²) in [6, 6.07) is 7.43. The fourth-order valence-corrected chi connectivity index (χ4v) is 5.52. The fraction of sp³-hybridized carbons (Fsp3) is 0.647. The van der Waals surface area contributed by atoms with Crippen molar-refractivity contribution in [1.29, 1.82) is 0 Å². The Kier molecular flexibility index (Phi) is 2.54. The van der Waals surface area contributed by atoms with Crippen LogP contribution in [0, 0.1) is 29.0 Å². The third-order valence-corrected chi connectivity index (χ3v) is 6.01. The second-order valence-electron chi connectivity index (χ2n) is 7.30. The van der Waals surface area contributed by atoms with Gasteiger partial charge in [-0.25, -0.2) is 4.39 Å². The summed E-state index contributed by atoms with van der Waals surface area (Å²) in [4.78, 5) is 0. The van der Waals surface area contributed by atoms with Gasteiger partial charge >= 0.3 is 0 Å². The molecule has 2 N–H and O–H groups in total. The van der Waals surface area contributed by atoms with Crippen LogP contribution < -0.4 is 5.73 Å². The molecule has 0 aliphatic heterocycles. The van der Waals surface area contributed by atoms with E-state index in [1.807, 2.05) is 12.1 Å². The quantitative estimate of drug-likeness (QED) is 0.864. The van der Waals surface area contributed by atoms with Gasteiger partial charge in [0.05, 0.1) is 0 Å². The Labute approximate surface area is 114 Å². The lowest BCUT2D eigenvalue weighted by atomic mass is 9.46. The lowest BCUT2D eigenvalue weighted by Gasteiger charge is -2.60. The molecule has 1 aromatic carbocycles. The van der Waals surface area contributed by atoms with E-state index in [1.165, 1.54) is 37.7 Å². The van der Waals surface area contributed by atoms with Gasteiger partial charge in [-0.3, -0.25) is 0 Å². The average Bonchev–Trinajstić information content (AvgIpc) is 2.38. The Morgan fingerprint density at radius 1 is 1.05 bits per heavy atom. The normalized spacial score (nSPS) is 43.7. The van der Waals surface area contributed by atoms with Gasteiger partial charge in [-0.2, -0.15) is 0 Å². The molecule has 4 aliphatic rings. The van der Waals surface area contributed by atoms with Crippen molar-refractivity contribution >= 4 is 0 Å². The van der Waals surface area contributed by atoms with Crippen LogP contribution >= 0.6 is 0 Å². The van der Waals surface area contributed by atoms with E-state index in [0.29, 0.717) is 11.5 Å². The first-order valence-electron chi connectivity index (χ1n) is 7.65. The number of hydrogen-bond donors (Lipinski definition) is 1. The molecule has 0 saturated heterocycles. The topological polar surface area (TPSA) is 26.0 Å². The van der Waals surface area contributed by atoms with Gasteiger partial charge < -0.3 is 5.73 Å². The lowest BCUT2D eigenvalue weighted by molar-refractivity contribution is -0.0714. The molecule has 102 valence electrons. The first-order valence-corrected chi connectivity index (χ1v) is 7.65. The summed E-state index contributed by atoms with van der Waals surface area (Å²) in [5, 5.41) is 0. The number of nitrogens with two attached hydrogens (primary N) is 1. The number of benzene rings is 1. The predicted octanol–water partition coefficient (Wildman–Crippen LogP) is 3.52. The number of halogens is 1. The Hall–Kier alpha value is -0.890. The highest BCUT2D eigenvalue weighted by atomic mass is 19.1. The van der Waals surface area contributed by atoms with Gasteiger partial charge in [0, 0.05) is 6.04 Å². The number of rotatable bonds is 2. The van der Waals surface area contributed by atoms with Crippen molar-refractivity contribution in [1.82, 2.24) is 0 Å². The van der Waals surface area contributed by atoms with E-state index in [1.54, 1.807) is 12.1 Å². The third-order valence-electron chi connectivity index (χ3n) is 6.01. The van der Waals surface area contributed by atoms with Gasteiger partial charge in [-0.05, 0) is 79.4 Å². The van der Waals surface area contributed by atoms with Crippen LogP contribution in [0.25, 0.3) is 0 Å². The molecule has 4 aliphatic carbocycles. The van der Waals surface area contributed by atoms with Gasteiger partial charge in [0.1, 0.15) is 5.82 Å². The number of hydrogen-bond acceptors (Lipinski definition) is 1. The van der Waals surface area contributed by atoms with E-state index in [-0.39, 0.29) is 5.82 Å². The van der Waals surface area contributed by atoms with E-state index in [2.05, 4.69) is 0 Å². The van der Waals surface area contributed by atoms with Gasteiger partial charge in [0.15, 0.2) is 0 Å². The van der Waals surface area contributed by atoms with Gasteiger partial charge in [0.2, 0.25) is 0 Å². The summed E-state index contributed by atoms with van der Waals surface area (Å²) in [6.07, 6.45) is 7.83. The summed E-state index contributed by atoms with van der Waals surface area (Å²) in [5.41, 5.74) is 8.18. The van der Waals surface area contributed by atoms with Crippen LogP contribution in [0.15, 0.2) is 24.3 Å². The van der Waals surface area contributed by atoms with Crippen molar-refractivity contribution in [2.45, 2.75) is 44.6 Å². The lowest BCUT2D eigenvalue weighted by Crippen LogP contribution is -2.60. The molecule has 0 aromatic heterocycles. The van der Waals surface area contributed by atoms with Crippen molar-refractivity contribution < 1.29 is 4.39 Å². The predicted molar refractivity (Wildman–Crippen MR) is 74.1 cm³/mol. The minimum Gasteiger partial charge on any atom is -0.327 e. The second kappa shape index (κ2) is 4.05. The molecule has 4 bridgehead atoms. The van der Waals surface area contributed by atoms with E-state index in [4.69, 9.17) is 5.73 Å². The van der Waals surface area contributed by atoms with E-state index >= 15 is 0 Å². The van der Waals surface area contributed by atoms with Crippen molar-refractivity contribution in [2.75, 3.05) is 0 Å². The Morgan fingerprint density at radius 2 is 1.68 bits per heavy atom. The summed E-state index contributed by atoms with van der Waals surface area (Å²) in [7, 11) is 0. The third kappa shape index (κ3) is 1.84. The van der Waals surface area contributed by atoms with E-state index in [0.717, 1.165) is 24.2 Å². The van der Waals surface area contributed by atoms with Gasteiger partial charge in [-0.1, -0.05) is 12.1 Å². The molecule has 2 heteroatoms. The zero-order valence-corrected chi connectivity index (χ0v) is 11.3. The summed E-state index contributed by atoms with van der Waals surface area (Å²) in [5.74, 6) is 2.45. The average molecular weight is 259 g/mol. The second-order valence-corrected chi connectivity index (χ2v) is 7.30. The molecule has 1 aromatic rings. The molecule has 0 radical (unpaired) electrons. The monoisotopic (exact) mass is 259 g/mol. The molecule has 4 fully saturated rings. The Balaban J connectivity index is 1.63. The molecule has 19 heavy (non-hydrogen) atoms. The van der Waals surface area contributed by atoms with Crippen molar-refractivity contribution in [3.8, 4) is 0 Å². The fourth-order valence-electron chi connectivity index (χ4n) is 5.52. The molecular formula is C17H22FN.